The van der Waals surface area contributed by atoms with E-state index in [1.54, 1.807) is 0 Å². The molecule has 0 fully saturated rings. The van der Waals surface area contributed by atoms with E-state index in [9.17, 15) is 0 Å². The smallest absolute Gasteiger partial charge is 0.0101 e. The number of hydrogen-bond donors (Lipinski definition) is 1. The monoisotopic (exact) mass is 453 g/mol. The summed E-state index contributed by atoms with van der Waals surface area (Å²) in [6, 6.07) is 0. The Morgan fingerprint density at radius 3 is 1.25 bits per heavy atom. The van der Waals surface area contributed by atoms with Crippen LogP contribution in [0.5, 0.6) is 0 Å². The third kappa shape index (κ3) is 26.2. The van der Waals surface area contributed by atoms with Gasteiger partial charge in [0.25, 0.3) is 0 Å². The van der Waals surface area contributed by atoms with Crippen LogP contribution in [0.4, 0.5) is 0 Å². The van der Waals surface area contributed by atoms with E-state index in [4.69, 9.17) is 0 Å². The van der Waals surface area contributed by atoms with Crippen molar-refractivity contribution in [1.29, 1.82) is 0 Å². The van der Waals surface area contributed by atoms with Crippen molar-refractivity contribution in [3.8, 4) is 0 Å². The predicted octanol–water partition coefficient (Wildman–Crippen LogP) is 9.38. The van der Waals surface area contributed by atoms with Crippen LogP contribution in [-0.4, -0.2) is 38.6 Å². The minimum Gasteiger partial charge on any atom is -0.315 e. The van der Waals surface area contributed by atoms with Crippen LogP contribution >= 0.6 is 0 Å². The summed E-state index contributed by atoms with van der Waals surface area (Å²) in [5.41, 5.74) is 0. The summed E-state index contributed by atoms with van der Waals surface area (Å²) >= 11 is 0. The first-order valence-corrected chi connectivity index (χ1v) is 15.1. The van der Waals surface area contributed by atoms with Crippen LogP contribution in [-0.2, 0) is 0 Å². The quantitative estimate of drug-likeness (QED) is 0.125. The summed E-state index contributed by atoms with van der Waals surface area (Å²) < 4.78 is 0. The summed E-state index contributed by atoms with van der Waals surface area (Å²) in [5.74, 6) is 1.02. The average Bonchev–Trinajstić information content (AvgIpc) is 2.78. The first-order valence-electron chi connectivity index (χ1n) is 15.1. The Morgan fingerprint density at radius 1 is 0.469 bits per heavy atom. The van der Waals surface area contributed by atoms with E-state index in [1.807, 2.05) is 0 Å². The highest BCUT2D eigenvalue weighted by molar-refractivity contribution is 4.62. The molecule has 1 unspecified atom stereocenters. The van der Waals surface area contributed by atoms with Gasteiger partial charge in [0.2, 0.25) is 0 Å². The van der Waals surface area contributed by atoms with Gasteiger partial charge < -0.3 is 10.2 Å². The van der Waals surface area contributed by atoms with E-state index in [0.29, 0.717) is 0 Å². The van der Waals surface area contributed by atoms with Crippen LogP contribution in [0.15, 0.2) is 0 Å². The van der Waals surface area contributed by atoms with Crippen molar-refractivity contribution < 1.29 is 0 Å². The molecule has 0 saturated carbocycles. The number of nitrogens with zero attached hydrogens (tertiary/aromatic N) is 1. The molecule has 2 nitrogen and oxygen atoms in total. The zero-order valence-corrected chi connectivity index (χ0v) is 23.2. The van der Waals surface area contributed by atoms with Crippen molar-refractivity contribution in [2.24, 2.45) is 5.92 Å². The molecule has 2 heteroatoms. The Balaban J connectivity index is 3.79. The highest BCUT2D eigenvalue weighted by atomic mass is 15.1. The summed E-state index contributed by atoms with van der Waals surface area (Å²) in [4.78, 5) is 2.25. The van der Waals surface area contributed by atoms with E-state index >= 15 is 0 Å². The zero-order valence-electron chi connectivity index (χ0n) is 23.2. The third-order valence-corrected chi connectivity index (χ3v) is 7.13. The number of unbranched alkanes of at least 4 members (excludes halogenated alkanes) is 16. The summed E-state index contributed by atoms with van der Waals surface area (Å²) in [6.07, 6.45) is 32.1. The standard InChI is InChI=1S/C30H64N2/c1-5-7-9-11-13-14-17-21-25-30(24-20-16-12-10-8-6-2)26-22-18-15-19-23-27-31-28-29-32(3)4/h30-31H,5-29H2,1-4H3. The van der Waals surface area contributed by atoms with E-state index in [0.717, 1.165) is 19.0 Å². The Labute approximate surface area is 205 Å². The maximum absolute atomic E-state index is 3.57. The Bertz CT molecular complexity index is 329. The minimum atomic E-state index is 1.02. The van der Waals surface area contributed by atoms with Gasteiger partial charge in [-0.05, 0) is 33.0 Å². The number of nitrogens with one attached hydrogen (secondary N) is 1. The molecule has 32 heavy (non-hydrogen) atoms. The van der Waals surface area contributed by atoms with Gasteiger partial charge in [-0.3, -0.25) is 0 Å². The molecule has 0 saturated heterocycles. The second-order valence-electron chi connectivity index (χ2n) is 10.8. The second kappa shape index (κ2) is 27.2. The molecule has 0 aromatic heterocycles. The van der Waals surface area contributed by atoms with Crippen molar-refractivity contribution >= 4 is 0 Å². The van der Waals surface area contributed by atoms with Crippen LogP contribution in [0.1, 0.15) is 155 Å². The van der Waals surface area contributed by atoms with Gasteiger partial charge >= 0.3 is 0 Å². The normalized spacial score (nSPS) is 12.7. The van der Waals surface area contributed by atoms with Gasteiger partial charge in [0.15, 0.2) is 0 Å². The molecule has 0 heterocycles. The maximum Gasteiger partial charge on any atom is 0.0101 e. The van der Waals surface area contributed by atoms with Crippen LogP contribution in [0.3, 0.4) is 0 Å². The average molecular weight is 453 g/mol. The number of likely N-dealkylation sites (N-methyl/N-ethyl adjacent to an activating group) is 1. The molecular weight excluding hydrogens is 388 g/mol. The van der Waals surface area contributed by atoms with Gasteiger partial charge in [0.1, 0.15) is 0 Å². The highest BCUT2D eigenvalue weighted by Crippen LogP contribution is 2.24. The second-order valence-corrected chi connectivity index (χ2v) is 10.8. The lowest BCUT2D eigenvalue weighted by molar-refractivity contribution is 0.365. The molecule has 0 aromatic rings. The first kappa shape index (κ1) is 31.9. The van der Waals surface area contributed by atoms with Gasteiger partial charge in [0.05, 0.1) is 0 Å². The van der Waals surface area contributed by atoms with Crippen molar-refractivity contribution in [3.05, 3.63) is 0 Å². The molecule has 1 N–H and O–H groups in total. The molecule has 0 aliphatic rings. The molecule has 0 aliphatic carbocycles. The topological polar surface area (TPSA) is 15.3 Å². The molecule has 0 bridgehead atoms. The van der Waals surface area contributed by atoms with E-state index in [-0.39, 0.29) is 0 Å². The molecule has 0 aromatic carbocycles. The Morgan fingerprint density at radius 2 is 0.844 bits per heavy atom. The minimum absolute atomic E-state index is 1.02. The van der Waals surface area contributed by atoms with Crippen LogP contribution in [0.25, 0.3) is 0 Å². The van der Waals surface area contributed by atoms with Gasteiger partial charge in [0, 0.05) is 13.1 Å². The fraction of sp³-hybridized carbons (Fsp3) is 1.00. The van der Waals surface area contributed by atoms with Gasteiger partial charge in [-0.2, -0.15) is 0 Å². The molecule has 0 amide bonds. The lowest BCUT2D eigenvalue weighted by Gasteiger charge is -2.17. The van der Waals surface area contributed by atoms with Gasteiger partial charge in [-0.1, -0.05) is 149 Å². The Hall–Kier alpha value is -0.0800. The number of rotatable bonds is 27. The van der Waals surface area contributed by atoms with E-state index in [2.05, 4.69) is 38.2 Å². The molecular formula is C30H64N2. The highest BCUT2D eigenvalue weighted by Gasteiger charge is 2.08. The lowest BCUT2D eigenvalue weighted by atomic mass is 9.89. The zero-order chi connectivity index (χ0) is 23.5. The Kier molecular flexibility index (Phi) is 27.1. The van der Waals surface area contributed by atoms with Crippen molar-refractivity contribution in [1.82, 2.24) is 10.2 Å². The third-order valence-electron chi connectivity index (χ3n) is 7.13. The van der Waals surface area contributed by atoms with Crippen LogP contribution in [0.2, 0.25) is 0 Å². The summed E-state index contributed by atoms with van der Waals surface area (Å²) in [6.45, 7) is 8.12. The van der Waals surface area contributed by atoms with Crippen LogP contribution < -0.4 is 5.32 Å². The number of hydrogen-bond acceptors (Lipinski definition) is 2. The van der Waals surface area contributed by atoms with Crippen molar-refractivity contribution in [3.63, 3.8) is 0 Å². The van der Waals surface area contributed by atoms with Crippen molar-refractivity contribution in [2.75, 3.05) is 33.7 Å². The van der Waals surface area contributed by atoms with E-state index in [1.165, 1.54) is 148 Å². The first-order chi connectivity index (χ1) is 15.7. The maximum atomic E-state index is 3.57. The van der Waals surface area contributed by atoms with Gasteiger partial charge in [-0.25, -0.2) is 0 Å². The fourth-order valence-electron chi connectivity index (χ4n) is 4.85. The summed E-state index contributed by atoms with van der Waals surface area (Å²) in [5, 5.41) is 3.57. The molecule has 0 rings (SSSR count). The van der Waals surface area contributed by atoms with E-state index < -0.39 is 0 Å². The molecule has 0 spiro atoms. The molecule has 0 aliphatic heterocycles. The van der Waals surface area contributed by atoms with Gasteiger partial charge in [-0.15, -0.1) is 0 Å². The molecule has 194 valence electrons. The molecule has 1 atom stereocenters. The van der Waals surface area contributed by atoms with Crippen molar-refractivity contribution in [2.45, 2.75) is 155 Å². The fourth-order valence-corrected chi connectivity index (χ4v) is 4.85. The predicted molar refractivity (Wildman–Crippen MR) is 148 cm³/mol. The summed E-state index contributed by atoms with van der Waals surface area (Å²) in [7, 11) is 4.30. The SMILES string of the molecule is CCCCCCCCCCC(CCCCCCCC)CCCCCCCNCCN(C)C. The molecule has 0 radical (unpaired) electrons. The lowest BCUT2D eigenvalue weighted by Crippen LogP contribution is -2.27. The largest absolute Gasteiger partial charge is 0.315 e. The van der Waals surface area contributed by atoms with Crippen LogP contribution in [0, 0.1) is 5.92 Å².